The Morgan fingerprint density at radius 1 is 1.06 bits per heavy atom. The molecule has 34 heavy (non-hydrogen) atoms. The summed E-state index contributed by atoms with van der Waals surface area (Å²) in [5, 5.41) is 13.9. The number of carbonyl (C=O) groups excluding carboxylic acids is 3. The number of aliphatic hydroxyl groups is 1. The number of nitrogens with zero attached hydrogens (tertiary/aromatic N) is 3. The first-order valence-corrected chi connectivity index (χ1v) is 11.1. The highest BCUT2D eigenvalue weighted by Gasteiger charge is 2.59. The molecule has 2 rings (SSSR count). The molecule has 1 fully saturated rings. The van der Waals surface area contributed by atoms with Crippen LogP contribution in [0.5, 0.6) is 0 Å². The van der Waals surface area contributed by atoms with Crippen LogP contribution in [0.25, 0.3) is 10.4 Å². The van der Waals surface area contributed by atoms with E-state index >= 15 is 0 Å². The zero-order chi connectivity index (χ0) is 25.7. The second kappa shape index (κ2) is 10.8. The maximum Gasteiger partial charge on any atom is 0.303 e. The van der Waals surface area contributed by atoms with E-state index in [2.05, 4.69) is 10.0 Å². The summed E-state index contributed by atoms with van der Waals surface area (Å²) in [7, 11) is -4.35. The maximum absolute atomic E-state index is 12.6. The first-order valence-electron chi connectivity index (χ1n) is 9.73. The minimum absolute atomic E-state index is 0.197. The van der Waals surface area contributed by atoms with Crippen molar-refractivity contribution in [2.45, 2.75) is 62.9 Å². The van der Waals surface area contributed by atoms with Gasteiger partial charge in [0.25, 0.3) is 16.0 Å². The Hall–Kier alpha value is -3.23. The van der Waals surface area contributed by atoms with Crippen LogP contribution in [0, 0.1) is 6.92 Å². The fourth-order valence-electron chi connectivity index (χ4n) is 3.14. The summed E-state index contributed by atoms with van der Waals surface area (Å²) in [5.41, 5.74) is 9.69. The van der Waals surface area contributed by atoms with Gasteiger partial charge in [0.05, 0.1) is 11.5 Å². The molecular weight excluding hydrogens is 478 g/mol. The van der Waals surface area contributed by atoms with E-state index in [0.29, 0.717) is 0 Å². The van der Waals surface area contributed by atoms with Gasteiger partial charge in [0, 0.05) is 25.7 Å². The van der Waals surface area contributed by atoms with Crippen LogP contribution in [0.2, 0.25) is 0 Å². The predicted octanol–water partition coefficient (Wildman–Crippen LogP) is 0.851. The Morgan fingerprint density at radius 2 is 1.59 bits per heavy atom. The van der Waals surface area contributed by atoms with Gasteiger partial charge in [-0.1, -0.05) is 17.7 Å². The molecule has 1 aromatic rings. The fraction of sp³-hybridized carbons (Fsp3) is 0.526. The summed E-state index contributed by atoms with van der Waals surface area (Å²) < 4.78 is 50.7. The van der Waals surface area contributed by atoms with E-state index < -0.39 is 65.0 Å². The molecule has 15 heteroatoms. The first kappa shape index (κ1) is 27.0. The number of ether oxygens (including phenoxy) is 4. The van der Waals surface area contributed by atoms with E-state index in [1.807, 2.05) is 0 Å². The lowest BCUT2D eigenvalue weighted by molar-refractivity contribution is -0.348. The predicted molar refractivity (Wildman–Crippen MR) is 110 cm³/mol. The molecule has 1 aromatic carbocycles. The monoisotopic (exact) mass is 501 g/mol. The van der Waals surface area contributed by atoms with Crippen molar-refractivity contribution in [1.82, 2.24) is 0 Å². The van der Waals surface area contributed by atoms with Crippen LogP contribution in [-0.2, 0) is 47.6 Å². The number of azide groups is 1. The van der Waals surface area contributed by atoms with Gasteiger partial charge in [-0.05, 0) is 29.7 Å². The van der Waals surface area contributed by atoms with Gasteiger partial charge in [0.2, 0.25) is 6.10 Å². The highest BCUT2D eigenvalue weighted by Crippen LogP contribution is 2.36. The van der Waals surface area contributed by atoms with E-state index in [9.17, 15) is 27.9 Å². The fourth-order valence-corrected chi connectivity index (χ4v) is 4.05. The van der Waals surface area contributed by atoms with Gasteiger partial charge in [-0.3, -0.25) is 18.6 Å². The average molecular weight is 501 g/mol. The molecule has 1 N–H and O–H groups in total. The van der Waals surface area contributed by atoms with Crippen LogP contribution < -0.4 is 0 Å². The zero-order valence-electron chi connectivity index (χ0n) is 18.6. The lowest BCUT2D eigenvalue weighted by Gasteiger charge is -2.46. The van der Waals surface area contributed by atoms with Crippen molar-refractivity contribution >= 4 is 28.0 Å². The molecule has 1 saturated heterocycles. The van der Waals surface area contributed by atoms with E-state index in [4.69, 9.17) is 28.7 Å². The topological polar surface area (TPSA) is 200 Å². The third-order valence-electron chi connectivity index (χ3n) is 4.47. The van der Waals surface area contributed by atoms with Crippen molar-refractivity contribution in [3.63, 3.8) is 0 Å². The van der Waals surface area contributed by atoms with Crippen LogP contribution in [0.3, 0.4) is 0 Å². The molecule has 0 unspecified atom stereocenters. The van der Waals surface area contributed by atoms with Crippen molar-refractivity contribution in [2.24, 2.45) is 5.11 Å². The molecule has 0 spiro atoms. The molecule has 0 aliphatic carbocycles. The molecule has 186 valence electrons. The highest BCUT2D eigenvalue weighted by atomic mass is 32.2. The Labute approximate surface area is 194 Å². The number of hydrogen-bond acceptors (Lipinski definition) is 12. The van der Waals surface area contributed by atoms with Crippen LogP contribution in [0.1, 0.15) is 26.3 Å². The summed E-state index contributed by atoms with van der Waals surface area (Å²) in [5.74, 6) is -5.82. The largest absolute Gasteiger partial charge is 0.456 e. The lowest BCUT2D eigenvalue weighted by atomic mass is 9.96. The first-order chi connectivity index (χ1) is 15.8. The third-order valence-corrected chi connectivity index (χ3v) is 5.76. The Balaban J connectivity index is 2.47. The van der Waals surface area contributed by atoms with Crippen LogP contribution in [-0.4, -0.2) is 68.4 Å². The van der Waals surface area contributed by atoms with E-state index in [1.54, 1.807) is 6.92 Å². The van der Waals surface area contributed by atoms with Gasteiger partial charge in [-0.25, -0.2) is 0 Å². The minimum Gasteiger partial charge on any atom is -0.456 e. The minimum atomic E-state index is -4.35. The standard InChI is InChI=1S/C19H23N3O11S/c1-10-5-7-14(8-6-10)34(27,28)29-9-15-16(30-11(2)23)17(31-12(3)24)18(32-13(4)25)19(26,33-15)21-22-20/h5-8,15-18,26H,9H2,1-4H3/t15-,16-,17+,18-,19+/m1/s1. The van der Waals surface area contributed by atoms with Gasteiger partial charge >= 0.3 is 17.9 Å². The molecule has 1 heterocycles. The van der Waals surface area contributed by atoms with Crippen molar-refractivity contribution in [3.05, 3.63) is 40.3 Å². The van der Waals surface area contributed by atoms with Crippen LogP contribution in [0.4, 0.5) is 0 Å². The number of esters is 3. The van der Waals surface area contributed by atoms with E-state index in [-0.39, 0.29) is 4.90 Å². The summed E-state index contributed by atoms with van der Waals surface area (Å²) in [6, 6.07) is 5.67. The van der Waals surface area contributed by atoms with Crippen molar-refractivity contribution < 1.29 is 51.0 Å². The SMILES string of the molecule is CC(=O)O[C@H]1[C@H](OC(C)=O)[C@@H](COS(=O)(=O)c2ccc(C)cc2)O[C@](O)(N=[N+]=[N-])[C@@H]1OC(C)=O. The molecule has 0 amide bonds. The molecular formula is C19H23N3O11S. The maximum atomic E-state index is 12.6. The van der Waals surface area contributed by atoms with E-state index in [0.717, 1.165) is 26.3 Å². The molecule has 14 nitrogen and oxygen atoms in total. The van der Waals surface area contributed by atoms with E-state index in [1.165, 1.54) is 24.3 Å². The summed E-state index contributed by atoms with van der Waals surface area (Å²) >= 11 is 0. The number of carbonyl (C=O) groups is 3. The Kier molecular flexibility index (Phi) is 8.58. The second-order valence-electron chi connectivity index (χ2n) is 7.23. The summed E-state index contributed by atoms with van der Waals surface area (Å²) in [4.78, 5) is 37.3. The van der Waals surface area contributed by atoms with Crippen molar-refractivity contribution in [1.29, 1.82) is 0 Å². The zero-order valence-corrected chi connectivity index (χ0v) is 19.4. The smallest absolute Gasteiger partial charge is 0.303 e. The average Bonchev–Trinajstić information content (AvgIpc) is 2.71. The highest BCUT2D eigenvalue weighted by molar-refractivity contribution is 7.86. The van der Waals surface area contributed by atoms with Crippen molar-refractivity contribution in [3.8, 4) is 0 Å². The number of aryl methyl sites for hydroxylation is 1. The van der Waals surface area contributed by atoms with Gasteiger partial charge in [0.1, 0.15) is 6.10 Å². The number of benzene rings is 1. The Morgan fingerprint density at radius 3 is 2.09 bits per heavy atom. The lowest BCUT2D eigenvalue weighted by Crippen LogP contribution is -2.67. The van der Waals surface area contributed by atoms with Crippen LogP contribution >= 0.6 is 0 Å². The molecule has 1 aliphatic heterocycles. The van der Waals surface area contributed by atoms with Gasteiger partial charge < -0.3 is 24.1 Å². The second-order valence-corrected chi connectivity index (χ2v) is 8.85. The summed E-state index contributed by atoms with van der Waals surface area (Å²) in [6.45, 7) is 3.81. The van der Waals surface area contributed by atoms with Gasteiger partial charge in [-0.2, -0.15) is 8.42 Å². The number of hydrogen-bond donors (Lipinski definition) is 1. The third kappa shape index (κ3) is 6.65. The van der Waals surface area contributed by atoms with Gasteiger partial charge in [-0.15, -0.1) is 0 Å². The van der Waals surface area contributed by atoms with Crippen molar-refractivity contribution in [2.75, 3.05) is 6.61 Å². The van der Waals surface area contributed by atoms with Gasteiger partial charge in [0.15, 0.2) is 12.2 Å². The molecule has 0 radical (unpaired) electrons. The van der Waals surface area contributed by atoms with Crippen LogP contribution in [0.15, 0.2) is 34.3 Å². The number of rotatable bonds is 8. The Bertz CT molecular complexity index is 1090. The molecule has 0 saturated carbocycles. The molecule has 0 aromatic heterocycles. The molecule has 0 bridgehead atoms. The molecule has 5 atom stereocenters. The quantitative estimate of drug-likeness (QED) is 0.132. The normalized spacial score (nSPS) is 26.6. The molecule has 1 aliphatic rings. The summed E-state index contributed by atoms with van der Waals surface area (Å²) in [6.07, 6.45) is -7.02.